The molecule has 0 atom stereocenters. The Balaban J connectivity index is 2.17. The molecule has 2 rings (SSSR count). The number of halogens is 1. The van der Waals surface area contributed by atoms with Crippen molar-refractivity contribution < 1.29 is 18.7 Å². The lowest BCUT2D eigenvalue weighted by molar-refractivity contribution is -0.182. The van der Waals surface area contributed by atoms with Crippen LogP contribution in [0.2, 0.25) is 0 Å². The molecular formula is C13H18FNO3S. The first kappa shape index (κ1) is 14.4. The third kappa shape index (κ3) is 3.13. The summed E-state index contributed by atoms with van der Waals surface area (Å²) in [7, 11) is 0. The highest BCUT2D eigenvalue weighted by molar-refractivity contribution is 7.14. The van der Waals surface area contributed by atoms with Crippen LogP contribution in [0.3, 0.4) is 0 Å². The van der Waals surface area contributed by atoms with Crippen LogP contribution in [0.5, 0.6) is 0 Å². The molecule has 0 unspecified atom stereocenters. The number of carbonyl (C=O) groups excluding carboxylic acids is 1. The van der Waals surface area contributed by atoms with Gasteiger partial charge >= 0.3 is 0 Å². The summed E-state index contributed by atoms with van der Waals surface area (Å²) in [6.07, 6.45) is 0.145. The second-order valence-corrected chi connectivity index (χ2v) is 5.31. The minimum absolute atomic E-state index is 0.143. The van der Waals surface area contributed by atoms with Gasteiger partial charge in [-0.25, -0.2) is 4.39 Å². The number of thiophene rings is 1. The summed E-state index contributed by atoms with van der Waals surface area (Å²) >= 11 is 1.12. The summed E-state index contributed by atoms with van der Waals surface area (Å²) in [5.74, 6) is -0.566. The molecule has 1 aromatic heterocycles. The molecule has 1 aliphatic heterocycles. The maximum Gasteiger partial charge on any atom is 0.264 e. The Labute approximate surface area is 116 Å². The Hall–Kier alpha value is -0.980. The lowest BCUT2D eigenvalue weighted by atomic mass is 10.3. The van der Waals surface area contributed by atoms with Crippen LogP contribution in [0.15, 0.2) is 6.07 Å². The van der Waals surface area contributed by atoms with E-state index in [1.165, 1.54) is 6.07 Å². The van der Waals surface area contributed by atoms with Crippen molar-refractivity contribution in [1.29, 1.82) is 0 Å². The van der Waals surface area contributed by atoms with Gasteiger partial charge in [0.1, 0.15) is 5.82 Å². The molecule has 0 N–H and O–H groups in total. The lowest BCUT2D eigenvalue weighted by Gasteiger charge is -2.22. The average molecular weight is 287 g/mol. The molecule has 0 aliphatic carbocycles. The summed E-state index contributed by atoms with van der Waals surface area (Å²) in [6, 6.07) is 1.28. The molecule has 1 amide bonds. The van der Waals surface area contributed by atoms with Crippen LogP contribution in [0.1, 0.15) is 41.1 Å². The zero-order chi connectivity index (χ0) is 13.8. The smallest absolute Gasteiger partial charge is 0.264 e. The van der Waals surface area contributed by atoms with Crippen LogP contribution in [-0.4, -0.2) is 37.1 Å². The first-order valence-electron chi connectivity index (χ1n) is 6.49. The average Bonchev–Trinajstić information content (AvgIpc) is 2.83. The van der Waals surface area contributed by atoms with E-state index in [2.05, 4.69) is 0 Å². The summed E-state index contributed by atoms with van der Waals surface area (Å²) in [6.45, 7) is 6.14. The lowest BCUT2D eigenvalue weighted by Crippen LogP contribution is -2.29. The van der Waals surface area contributed by atoms with Crippen molar-refractivity contribution in [2.24, 2.45) is 0 Å². The van der Waals surface area contributed by atoms with Crippen LogP contribution in [0.25, 0.3) is 0 Å². The highest BCUT2D eigenvalue weighted by Gasteiger charge is 2.26. The van der Waals surface area contributed by atoms with E-state index >= 15 is 0 Å². The van der Waals surface area contributed by atoms with Crippen LogP contribution in [0, 0.1) is 5.82 Å². The van der Waals surface area contributed by atoms with Crippen LogP contribution in [-0.2, 0) is 9.47 Å². The highest BCUT2D eigenvalue weighted by Crippen LogP contribution is 2.32. The topological polar surface area (TPSA) is 38.8 Å². The summed E-state index contributed by atoms with van der Waals surface area (Å²) in [5.41, 5.74) is 0. The van der Waals surface area contributed by atoms with Gasteiger partial charge in [0.05, 0.1) is 23.0 Å². The van der Waals surface area contributed by atoms with Gasteiger partial charge in [0.25, 0.3) is 5.91 Å². The normalized spacial score (nSPS) is 16.6. The van der Waals surface area contributed by atoms with Gasteiger partial charge in [0, 0.05) is 13.1 Å². The molecular weight excluding hydrogens is 269 g/mol. The van der Waals surface area contributed by atoms with Crippen LogP contribution < -0.4 is 0 Å². The summed E-state index contributed by atoms with van der Waals surface area (Å²) in [4.78, 5) is 14.6. The molecule has 4 nitrogen and oxygen atoms in total. The molecule has 2 heterocycles. The van der Waals surface area contributed by atoms with E-state index in [1.54, 1.807) is 4.90 Å². The Kier molecular flexibility index (Phi) is 4.90. The van der Waals surface area contributed by atoms with Gasteiger partial charge in [0.15, 0.2) is 6.29 Å². The summed E-state index contributed by atoms with van der Waals surface area (Å²) in [5, 5.41) is 0. The standard InChI is InChI=1S/C13H18FNO3S/c1-3-15(4-2)12(16)10-8-9(14)11(19-10)13-17-6-5-7-18-13/h8,13H,3-7H2,1-2H3. The second kappa shape index (κ2) is 6.45. The number of carbonyl (C=O) groups is 1. The monoisotopic (exact) mass is 287 g/mol. The maximum atomic E-state index is 13.9. The van der Waals surface area contributed by atoms with Crippen LogP contribution >= 0.6 is 11.3 Å². The number of rotatable bonds is 4. The van der Waals surface area contributed by atoms with Gasteiger partial charge < -0.3 is 14.4 Å². The van der Waals surface area contributed by atoms with E-state index in [1.807, 2.05) is 13.8 Å². The molecule has 6 heteroatoms. The van der Waals surface area contributed by atoms with Gasteiger partial charge in [0.2, 0.25) is 0 Å². The summed E-state index contributed by atoms with van der Waals surface area (Å²) < 4.78 is 24.7. The Morgan fingerprint density at radius 2 is 2.05 bits per heavy atom. The van der Waals surface area contributed by atoms with Crippen molar-refractivity contribution in [3.05, 3.63) is 21.6 Å². The quantitative estimate of drug-likeness (QED) is 0.854. The minimum Gasteiger partial charge on any atom is -0.347 e. The highest BCUT2D eigenvalue weighted by atomic mass is 32.1. The van der Waals surface area contributed by atoms with Crippen molar-refractivity contribution in [2.45, 2.75) is 26.6 Å². The molecule has 106 valence electrons. The number of ether oxygens (including phenoxy) is 2. The van der Waals surface area contributed by atoms with Gasteiger partial charge in [-0.1, -0.05) is 0 Å². The SMILES string of the molecule is CCN(CC)C(=O)c1cc(F)c(C2OCCCO2)s1. The van der Waals surface area contributed by atoms with E-state index in [-0.39, 0.29) is 5.91 Å². The zero-order valence-electron chi connectivity index (χ0n) is 11.1. The molecule has 1 aromatic rings. The molecule has 0 bridgehead atoms. The van der Waals surface area contributed by atoms with E-state index in [0.29, 0.717) is 36.1 Å². The Morgan fingerprint density at radius 3 is 2.63 bits per heavy atom. The predicted molar refractivity (Wildman–Crippen MR) is 70.8 cm³/mol. The molecule has 1 fully saturated rings. The predicted octanol–water partition coefficient (Wildman–Crippen LogP) is 2.80. The third-order valence-electron chi connectivity index (χ3n) is 3.02. The largest absolute Gasteiger partial charge is 0.347 e. The Morgan fingerprint density at radius 1 is 1.42 bits per heavy atom. The van der Waals surface area contributed by atoms with Crippen molar-refractivity contribution >= 4 is 17.2 Å². The van der Waals surface area contributed by atoms with Crippen molar-refractivity contribution in [3.8, 4) is 0 Å². The maximum absolute atomic E-state index is 13.9. The van der Waals surface area contributed by atoms with E-state index in [0.717, 1.165) is 17.8 Å². The first-order chi connectivity index (χ1) is 9.17. The molecule has 1 aliphatic rings. The second-order valence-electron chi connectivity index (χ2n) is 4.23. The van der Waals surface area contributed by atoms with Crippen molar-refractivity contribution in [2.75, 3.05) is 26.3 Å². The molecule has 19 heavy (non-hydrogen) atoms. The first-order valence-corrected chi connectivity index (χ1v) is 7.30. The minimum atomic E-state index is -0.669. The number of hydrogen-bond donors (Lipinski definition) is 0. The van der Waals surface area contributed by atoms with Gasteiger partial charge in [-0.15, -0.1) is 11.3 Å². The fraction of sp³-hybridized carbons (Fsp3) is 0.615. The molecule has 0 spiro atoms. The zero-order valence-corrected chi connectivity index (χ0v) is 12.0. The number of hydrogen-bond acceptors (Lipinski definition) is 4. The number of nitrogens with zero attached hydrogens (tertiary/aromatic N) is 1. The van der Waals surface area contributed by atoms with E-state index < -0.39 is 12.1 Å². The number of amides is 1. The van der Waals surface area contributed by atoms with Crippen LogP contribution in [0.4, 0.5) is 4.39 Å². The molecule has 1 saturated heterocycles. The van der Waals surface area contributed by atoms with Gasteiger partial charge in [-0.3, -0.25) is 4.79 Å². The molecule has 0 radical (unpaired) electrons. The fourth-order valence-electron chi connectivity index (χ4n) is 1.95. The molecule has 0 saturated carbocycles. The van der Waals surface area contributed by atoms with Gasteiger partial charge in [-0.2, -0.15) is 0 Å². The Bertz CT molecular complexity index is 439. The van der Waals surface area contributed by atoms with Crippen molar-refractivity contribution in [3.63, 3.8) is 0 Å². The fourth-order valence-corrected chi connectivity index (χ4v) is 2.96. The van der Waals surface area contributed by atoms with E-state index in [4.69, 9.17) is 9.47 Å². The van der Waals surface area contributed by atoms with Crippen molar-refractivity contribution in [1.82, 2.24) is 4.90 Å². The van der Waals surface area contributed by atoms with Gasteiger partial charge in [-0.05, 0) is 26.3 Å². The third-order valence-corrected chi connectivity index (χ3v) is 4.14. The molecule has 0 aromatic carbocycles. The van der Waals surface area contributed by atoms with E-state index in [9.17, 15) is 9.18 Å².